The Labute approximate surface area is 216 Å². The third-order valence-electron chi connectivity index (χ3n) is 5.03. The van der Waals surface area contributed by atoms with E-state index < -0.39 is 22.2 Å². The van der Waals surface area contributed by atoms with Crippen LogP contribution in [0.15, 0.2) is 42.5 Å². The van der Waals surface area contributed by atoms with E-state index in [1.165, 1.54) is 11.6 Å². The summed E-state index contributed by atoms with van der Waals surface area (Å²) in [5.74, 6) is 0.757. The number of rotatable bonds is 10. The van der Waals surface area contributed by atoms with Crippen molar-refractivity contribution in [1.29, 1.82) is 5.26 Å². The van der Waals surface area contributed by atoms with Crippen LogP contribution in [0.25, 0.3) is 0 Å². The summed E-state index contributed by atoms with van der Waals surface area (Å²) in [7, 11) is 0. The highest BCUT2D eigenvalue weighted by atomic mass is 32.1. The molecule has 35 heavy (non-hydrogen) atoms. The molecule has 0 spiro atoms. The summed E-state index contributed by atoms with van der Waals surface area (Å²) >= 11 is 10.1. The summed E-state index contributed by atoms with van der Waals surface area (Å²) in [6, 6.07) is 13.3. The lowest BCUT2D eigenvalue weighted by atomic mass is 10.1. The van der Waals surface area contributed by atoms with E-state index in [-0.39, 0.29) is 10.8 Å². The number of hydrogen-bond acceptors (Lipinski definition) is 5. The molecule has 2 rings (SSSR count). The Kier molecular flexibility index (Phi) is 10.2. The first kappa shape index (κ1) is 28.8. The molecule has 0 aliphatic heterocycles. The SMILES string of the molecule is CC(C)NCc1ccc(OCCCN(C(=S)Nc2ccc(C#N)c(C(F)(F)F)c2)C(C)(C)S)cc1. The molecule has 10 heteroatoms. The molecule has 190 valence electrons. The molecule has 2 N–H and O–H groups in total. The number of hydrogen-bond donors (Lipinski definition) is 3. The van der Waals surface area contributed by atoms with Crippen LogP contribution in [0.3, 0.4) is 0 Å². The lowest BCUT2D eigenvalue weighted by Crippen LogP contribution is -2.47. The molecular formula is C25H31F3N4OS2. The first-order chi connectivity index (χ1) is 16.3. The van der Waals surface area contributed by atoms with Gasteiger partial charge in [-0.25, -0.2) is 0 Å². The highest BCUT2D eigenvalue weighted by molar-refractivity contribution is 7.82. The number of halogens is 3. The van der Waals surface area contributed by atoms with E-state index in [9.17, 15) is 13.2 Å². The van der Waals surface area contributed by atoms with Crippen molar-refractivity contribution in [3.63, 3.8) is 0 Å². The van der Waals surface area contributed by atoms with Gasteiger partial charge in [-0.1, -0.05) is 26.0 Å². The topological polar surface area (TPSA) is 60.3 Å². The Hall–Kier alpha value is -2.48. The highest BCUT2D eigenvalue weighted by Crippen LogP contribution is 2.34. The van der Waals surface area contributed by atoms with E-state index >= 15 is 0 Å². The molecular weight excluding hydrogens is 493 g/mol. The number of alkyl halides is 3. The Morgan fingerprint density at radius 3 is 2.37 bits per heavy atom. The van der Waals surface area contributed by atoms with Crippen molar-refractivity contribution in [3.05, 3.63) is 59.2 Å². The molecule has 0 amide bonds. The van der Waals surface area contributed by atoms with Gasteiger partial charge in [0.25, 0.3) is 0 Å². The van der Waals surface area contributed by atoms with Gasteiger partial charge in [0.2, 0.25) is 0 Å². The summed E-state index contributed by atoms with van der Waals surface area (Å²) in [5.41, 5.74) is -0.139. The van der Waals surface area contributed by atoms with E-state index in [2.05, 4.69) is 37.1 Å². The molecule has 0 atom stereocenters. The molecule has 0 unspecified atom stereocenters. The first-order valence-electron chi connectivity index (χ1n) is 11.2. The molecule has 2 aromatic carbocycles. The zero-order valence-electron chi connectivity index (χ0n) is 20.2. The van der Waals surface area contributed by atoms with Crippen LogP contribution < -0.4 is 15.4 Å². The smallest absolute Gasteiger partial charge is 0.417 e. The van der Waals surface area contributed by atoms with Crippen LogP contribution in [0.1, 0.15) is 50.8 Å². The van der Waals surface area contributed by atoms with E-state index in [0.717, 1.165) is 24.4 Å². The zero-order chi connectivity index (χ0) is 26.2. The van der Waals surface area contributed by atoms with Crippen molar-refractivity contribution >= 4 is 35.6 Å². The van der Waals surface area contributed by atoms with Crippen molar-refractivity contribution in [3.8, 4) is 11.8 Å². The lowest BCUT2D eigenvalue weighted by Gasteiger charge is -2.37. The second-order valence-corrected chi connectivity index (χ2v) is 10.3. The van der Waals surface area contributed by atoms with Gasteiger partial charge in [-0.15, -0.1) is 0 Å². The average Bonchev–Trinajstić information content (AvgIpc) is 2.76. The van der Waals surface area contributed by atoms with Gasteiger partial charge in [-0.2, -0.15) is 31.1 Å². The van der Waals surface area contributed by atoms with Crippen molar-refractivity contribution in [2.75, 3.05) is 18.5 Å². The van der Waals surface area contributed by atoms with Gasteiger partial charge < -0.3 is 20.3 Å². The Morgan fingerprint density at radius 2 is 1.83 bits per heavy atom. The van der Waals surface area contributed by atoms with Gasteiger partial charge in [0.15, 0.2) is 5.11 Å². The fourth-order valence-corrected chi connectivity index (χ4v) is 3.91. The Bertz CT molecular complexity index is 1030. The Morgan fingerprint density at radius 1 is 1.17 bits per heavy atom. The number of benzene rings is 2. The largest absolute Gasteiger partial charge is 0.494 e. The maximum Gasteiger partial charge on any atom is 0.417 e. The van der Waals surface area contributed by atoms with Gasteiger partial charge in [0.1, 0.15) is 5.75 Å². The quantitative estimate of drug-likeness (QED) is 0.149. The minimum Gasteiger partial charge on any atom is -0.494 e. The van der Waals surface area contributed by atoms with Crippen molar-refractivity contribution in [1.82, 2.24) is 10.2 Å². The predicted octanol–water partition coefficient (Wildman–Crippen LogP) is 6.21. The van der Waals surface area contributed by atoms with Crippen molar-refractivity contribution in [2.24, 2.45) is 0 Å². The maximum atomic E-state index is 13.3. The summed E-state index contributed by atoms with van der Waals surface area (Å²) in [6.45, 7) is 9.57. The lowest BCUT2D eigenvalue weighted by molar-refractivity contribution is -0.137. The number of nitriles is 1. The zero-order valence-corrected chi connectivity index (χ0v) is 22.0. The number of anilines is 1. The number of nitrogens with zero attached hydrogens (tertiary/aromatic N) is 2. The van der Waals surface area contributed by atoms with Crippen LogP contribution in [-0.4, -0.2) is 34.1 Å². The minimum atomic E-state index is -4.65. The summed E-state index contributed by atoms with van der Waals surface area (Å²) in [4.78, 5) is 1.11. The van der Waals surface area contributed by atoms with E-state index in [4.69, 9.17) is 22.2 Å². The van der Waals surface area contributed by atoms with Gasteiger partial charge in [-0.3, -0.25) is 0 Å². The molecule has 0 fully saturated rings. The molecule has 0 aliphatic rings. The standard InChI is InChI=1S/C25H31F3N4OS2/c1-17(2)30-16-18-6-10-21(11-7-18)33-13-5-12-32(24(3,4)35)23(34)31-20-9-8-19(15-29)22(14-20)25(26,27)28/h6-11,14,17,30,35H,5,12-13,16H2,1-4H3,(H,31,34). The van der Waals surface area contributed by atoms with Crippen LogP contribution in [0.2, 0.25) is 0 Å². The molecule has 0 bridgehead atoms. The number of ether oxygens (including phenoxy) is 1. The average molecular weight is 525 g/mol. The molecule has 0 aliphatic carbocycles. The number of nitrogens with one attached hydrogen (secondary N) is 2. The van der Waals surface area contributed by atoms with Crippen molar-refractivity contribution in [2.45, 2.75) is 57.7 Å². The predicted molar refractivity (Wildman–Crippen MR) is 141 cm³/mol. The van der Waals surface area contributed by atoms with Crippen LogP contribution in [0.4, 0.5) is 18.9 Å². The van der Waals surface area contributed by atoms with E-state index in [1.807, 2.05) is 38.1 Å². The second kappa shape index (κ2) is 12.5. The second-order valence-electron chi connectivity index (χ2n) is 8.83. The molecule has 0 radical (unpaired) electrons. The van der Waals surface area contributed by atoms with Gasteiger partial charge >= 0.3 is 6.18 Å². The van der Waals surface area contributed by atoms with Crippen molar-refractivity contribution < 1.29 is 17.9 Å². The summed E-state index contributed by atoms with van der Waals surface area (Å²) in [5, 5.41) is 15.4. The summed E-state index contributed by atoms with van der Waals surface area (Å²) < 4.78 is 45.7. The third-order valence-corrected chi connectivity index (χ3v) is 5.60. The fourth-order valence-electron chi connectivity index (χ4n) is 3.21. The molecule has 0 heterocycles. The van der Waals surface area contributed by atoms with E-state index in [1.54, 1.807) is 11.0 Å². The molecule has 0 aromatic heterocycles. The maximum absolute atomic E-state index is 13.3. The third kappa shape index (κ3) is 9.24. The molecule has 5 nitrogen and oxygen atoms in total. The van der Waals surface area contributed by atoms with Gasteiger partial charge in [0, 0.05) is 24.8 Å². The minimum absolute atomic E-state index is 0.146. The molecule has 0 saturated carbocycles. The van der Waals surface area contributed by atoms with Crippen LogP contribution in [-0.2, 0) is 12.7 Å². The van der Waals surface area contributed by atoms with Crippen LogP contribution >= 0.6 is 24.8 Å². The monoisotopic (exact) mass is 524 g/mol. The highest BCUT2D eigenvalue weighted by Gasteiger charge is 2.34. The fraction of sp³-hybridized carbons (Fsp3) is 0.440. The van der Waals surface area contributed by atoms with Gasteiger partial charge in [0.05, 0.1) is 28.7 Å². The number of thiocarbonyl (C=S) groups is 1. The molecule has 2 aromatic rings. The van der Waals surface area contributed by atoms with E-state index in [0.29, 0.717) is 25.6 Å². The molecule has 0 saturated heterocycles. The van der Waals surface area contributed by atoms with Crippen LogP contribution in [0.5, 0.6) is 5.75 Å². The normalized spacial score (nSPS) is 11.8. The van der Waals surface area contributed by atoms with Crippen LogP contribution in [0, 0.1) is 11.3 Å². The summed E-state index contributed by atoms with van der Waals surface area (Å²) in [6.07, 6.45) is -4.03. The first-order valence-corrected chi connectivity index (χ1v) is 12.0. The number of thiol groups is 1. The Balaban J connectivity index is 1.97. The van der Waals surface area contributed by atoms with Gasteiger partial charge in [-0.05, 0) is 68.4 Å².